The minimum Gasteiger partial charge on any atom is -0.505 e. The fraction of sp³-hybridized carbons (Fsp3) is 0.0244. The van der Waals surface area contributed by atoms with Crippen LogP contribution in [-0.4, -0.2) is 57.0 Å². The van der Waals surface area contributed by atoms with E-state index in [1.165, 1.54) is 66.7 Å². The van der Waals surface area contributed by atoms with E-state index in [9.17, 15) is 57.0 Å². The molecular weight excluding hydrogens is 941 g/mol. The quantitative estimate of drug-likeness (QED) is 0.0381. The molecule has 0 aliphatic carbocycles. The Morgan fingerprint density at radius 3 is 1.26 bits per heavy atom. The zero-order valence-corrected chi connectivity index (χ0v) is 36.6. The first-order valence-electron chi connectivity index (χ1n) is 18.6. The molecule has 0 radical (unpaired) electrons. The van der Waals surface area contributed by atoms with Crippen LogP contribution in [0.1, 0.15) is 5.56 Å². The number of anilines is 2. The largest absolute Gasteiger partial charge is 0.505 e. The van der Waals surface area contributed by atoms with Gasteiger partial charge >= 0.3 is 0 Å². The highest BCUT2D eigenvalue weighted by Crippen LogP contribution is 2.45. The van der Waals surface area contributed by atoms with Gasteiger partial charge in [0, 0.05) is 43.4 Å². The summed E-state index contributed by atoms with van der Waals surface area (Å²) in [5.41, 5.74) is 13.2. The Morgan fingerprint density at radius 1 is 0.394 bits per heavy atom. The molecule has 21 nitrogen and oxygen atoms in total. The second kappa shape index (κ2) is 16.3. The standard InChI is InChI=1S/C41H30N8O13S4/c1-20-2-5-24-27(16-20)34(48-49-36-10-8-26-37(65(57,58)59)19-38(66(60,61)62)40(43)39(26)41(36)50)14-12-31(24)44-47-35-15-13-32(25-7-4-22(18-29(25)35)64(54,55)56)45-46-33-11-9-30(42)23-6-3-21(17-28(23)33)63(51,52)53/h2-19,50H,42-43H2,1H3,(H,51,52,53)(H,54,55,56)(H,57,58,59)(H,60,61,62). The number of aryl methyl sites for hydroxylation is 1. The number of phenolic OH excluding ortho intramolecular Hbond substituents is 1. The molecule has 0 aromatic heterocycles. The van der Waals surface area contributed by atoms with E-state index in [-0.39, 0.29) is 44.6 Å². The molecule has 0 spiro atoms. The van der Waals surface area contributed by atoms with Crippen molar-refractivity contribution >= 4 is 129 Å². The monoisotopic (exact) mass is 970 g/mol. The zero-order valence-electron chi connectivity index (χ0n) is 33.4. The lowest BCUT2D eigenvalue weighted by Crippen LogP contribution is -2.08. The van der Waals surface area contributed by atoms with Crippen LogP contribution in [0.25, 0.3) is 43.1 Å². The van der Waals surface area contributed by atoms with Gasteiger partial charge in [-0.3, -0.25) is 18.2 Å². The Bertz CT molecular complexity index is 4000. The molecule has 0 atom stereocenters. The molecule has 66 heavy (non-hydrogen) atoms. The molecule has 8 aromatic carbocycles. The van der Waals surface area contributed by atoms with Crippen LogP contribution in [-0.2, 0) is 40.5 Å². The van der Waals surface area contributed by atoms with Gasteiger partial charge in [0.05, 0.1) is 49.3 Å². The number of benzene rings is 8. The van der Waals surface area contributed by atoms with Crippen molar-refractivity contribution in [1.29, 1.82) is 0 Å². The van der Waals surface area contributed by atoms with Gasteiger partial charge in [-0.1, -0.05) is 35.9 Å². The van der Waals surface area contributed by atoms with E-state index in [4.69, 9.17) is 11.5 Å². The predicted molar refractivity (Wildman–Crippen MR) is 243 cm³/mol. The number of phenols is 1. The first kappa shape index (κ1) is 45.2. The third kappa shape index (κ3) is 8.62. The molecule has 0 aliphatic heterocycles. The van der Waals surface area contributed by atoms with Gasteiger partial charge in [0.2, 0.25) is 0 Å². The highest BCUT2D eigenvalue weighted by molar-refractivity contribution is 7.87. The molecule has 0 amide bonds. The Hall–Kier alpha value is -7.36. The van der Waals surface area contributed by atoms with E-state index < -0.39 is 76.9 Å². The van der Waals surface area contributed by atoms with Crippen molar-refractivity contribution in [3.63, 3.8) is 0 Å². The smallest absolute Gasteiger partial charge is 0.296 e. The van der Waals surface area contributed by atoms with E-state index >= 15 is 0 Å². The summed E-state index contributed by atoms with van der Waals surface area (Å²) >= 11 is 0. The van der Waals surface area contributed by atoms with Gasteiger partial charge in [0.15, 0.2) is 5.75 Å². The highest BCUT2D eigenvalue weighted by atomic mass is 32.2. The predicted octanol–water partition coefficient (Wildman–Crippen LogP) is 9.71. The van der Waals surface area contributed by atoms with Crippen molar-refractivity contribution in [2.45, 2.75) is 26.5 Å². The molecule has 0 saturated heterocycles. The summed E-state index contributed by atoms with van der Waals surface area (Å²) in [6, 6.07) is 24.5. The molecule has 9 N–H and O–H groups in total. The average Bonchev–Trinajstić information content (AvgIpc) is 3.23. The highest BCUT2D eigenvalue weighted by Gasteiger charge is 2.27. The lowest BCUT2D eigenvalue weighted by molar-refractivity contribution is 0.478. The second-order valence-corrected chi connectivity index (χ2v) is 20.1. The van der Waals surface area contributed by atoms with Crippen molar-refractivity contribution in [2.24, 2.45) is 30.7 Å². The number of aromatic hydroxyl groups is 1. The lowest BCUT2D eigenvalue weighted by atomic mass is 10.0. The van der Waals surface area contributed by atoms with Crippen LogP contribution in [0.5, 0.6) is 5.75 Å². The molecule has 0 unspecified atom stereocenters. The summed E-state index contributed by atoms with van der Waals surface area (Å²) in [5.74, 6) is -0.819. The number of rotatable bonds is 10. The Labute approximate surface area is 373 Å². The number of nitrogen functional groups attached to an aromatic ring is 2. The van der Waals surface area contributed by atoms with Gasteiger partial charge in [-0.2, -0.15) is 33.7 Å². The number of azo groups is 3. The SMILES string of the molecule is Cc1ccc2c(N=Nc3ccc(N=Nc4ccc(N)c5ccc(S(=O)(=O)O)cc45)c4ccc(S(=O)(=O)O)cc34)ccc(N=Nc3ccc4c(S(=O)(=O)O)cc(S(=O)(=O)O)c(N)c4c3O)c2c1. The second-order valence-electron chi connectivity index (χ2n) is 14.5. The molecule has 8 aromatic rings. The minimum atomic E-state index is -5.14. The average molecular weight is 971 g/mol. The fourth-order valence-corrected chi connectivity index (χ4v) is 9.56. The van der Waals surface area contributed by atoms with Crippen LogP contribution in [0.3, 0.4) is 0 Å². The fourth-order valence-electron chi connectivity index (χ4n) is 7.11. The molecule has 0 bridgehead atoms. The topological polar surface area (TPSA) is 364 Å². The van der Waals surface area contributed by atoms with Crippen LogP contribution < -0.4 is 11.5 Å². The van der Waals surface area contributed by atoms with Crippen LogP contribution in [0.15, 0.2) is 159 Å². The van der Waals surface area contributed by atoms with Crippen molar-refractivity contribution in [1.82, 2.24) is 0 Å². The van der Waals surface area contributed by atoms with Crippen LogP contribution in [0.4, 0.5) is 45.5 Å². The van der Waals surface area contributed by atoms with E-state index in [0.717, 1.165) is 23.8 Å². The molecule has 25 heteroatoms. The Kier molecular flexibility index (Phi) is 11.1. The Balaban J connectivity index is 1.20. The maximum atomic E-state index is 12.2. The van der Waals surface area contributed by atoms with Crippen molar-refractivity contribution < 1.29 is 57.0 Å². The van der Waals surface area contributed by atoms with Crippen molar-refractivity contribution in [3.8, 4) is 5.75 Å². The third-order valence-electron chi connectivity index (χ3n) is 10.2. The van der Waals surface area contributed by atoms with E-state index in [1.807, 2.05) is 0 Å². The van der Waals surface area contributed by atoms with Crippen molar-refractivity contribution in [2.75, 3.05) is 11.5 Å². The number of fused-ring (bicyclic) bond motifs is 4. The molecule has 0 aliphatic rings. The summed E-state index contributed by atoms with van der Waals surface area (Å²) in [4.78, 5) is -2.90. The number of nitrogens with two attached hydrogens (primary N) is 2. The molecule has 8 rings (SSSR count). The summed E-state index contributed by atoms with van der Waals surface area (Å²) in [5, 5.41) is 38.4. The molecule has 0 saturated carbocycles. The first-order valence-corrected chi connectivity index (χ1v) is 24.3. The van der Waals surface area contributed by atoms with Gasteiger partial charge < -0.3 is 16.6 Å². The summed E-state index contributed by atoms with van der Waals surface area (Å²) < 4.78 is 136. The lowest BCUT2D eigenvalue weighted by Gasteiger charge is -2.13. The van der Waals surface area contributed by atoms with Gasteiger partial charge in [0.25, 0.3) is 40.5 Å². The van der Waals surface area contributed by atoms with Crippen LogP contribution in [0.2, 0.25) is 0 Å². The minimum absolute atomic E-state index is 0.134. The normalized spacial score (nSPS) is 13.1. The summed E-state index contributed by atoms with van der Waals surface area (Å²) in [6.07, 6.45) is 0. The van der Waals surface area contributed by atoms with Crippen LogP contribution >= 0.6 is 0 Å². The number of hydrogen-bond acceptors (Lipinski definition) is 17. The maximum absolute atomic E-state index is 12.2. The van der Waals surface area contributed by atoms with Gasteiger partial charge in [-0.15, -0.1) is 30.7 Å². The third-order valence-corrected chi connectivity index (χ3v) is 13.7. The molecule has 0 fully saturated rings. The Morgan fingerprint density at radius 2 is 0.773 bits per heavy atom. The molecule has 336 valence electrons. The van der Waals surface area contributed by atoms with Crippen molar-refractivity contribution in [3.05, 3.63) is 115 Å². The number of hydrogen-bond donors (Lipinski definition) is 7. The van der Waals surface area contributed by atoms with Gasteiger partial charge in [-0.05, 0) is 85.8 Å². The summed E-state index contributed by atoms with van der Waals surface area (Å²) in [7, 11) is -19.5. The van der Waals surface area contributed by atoms with E-state index in [1.54, 1.807) is 25.1 Å². The number of nitrogens with zero attached hydrogens (tertiary/aromatic N) is 6. The maximum Gasteiger partial charge on any atom is 0.296 e. The first-order chi connectivity index (χ1) is 30.9. The van der Waals surface area contributed by atoms with Crippen LogP contribution in [0, 0.1) is 6.92 Å². The zero-order chi connectivity index (χ0) is 47.7. The van der Waals surface area contributed by atoms with Gasteiger partial charge in [-0.25, -0.2) is 0 Å². The summed E-state index contributed by atoms with van der Waals surface area (Å²) in [6.45, 7) is 1.80. The van der Waals surface area contributed by atoms with Gasteiger partial charge in [0.1, 0.15) is 15.5 Å². The van der Waals surface area contributed by atoms with E-state index in [0.29, 0.717) is 39.0 Å². The van der Waals surface area contributed by atoms with E-state index in [2.05, 4.69) is 30.7 Å². The molecule has 0 heterocycles. The molecular formula is C41H30N8O13S4.